The first-order chi connectivity index (χ1) is 8.16. The standard InChI is InChI=1S/C13H9F3O/c14-12-4-2-1-3-11(12)9-5-7-10(8-6-9)17-13(15)16/h1-8,13H. The Morgan fingerprint density at radius 3 is 2.12 bits per heavy atom. The Bertz CT molecular complexity index is 494. The minimum atomic E-state index is -2.85. The van der Waals surface area contributed by atoms with Crippen LogP contribution in [0.25, 0.3) is 11.1 Å². The second kappa shape index (κ2) is 4.91. The number of rotatable bonds is 3. The van der Waals surface area contributed by atoms with Gasteiger partial charge in [0.2, 0.25) is 0 Å². The summed E-state index contributed by atoms with van der Waals surface area (Å²) in [4.78, 5) is 0. The summed E-state index contributed by atoms with van der Waals surface area (Å²) >= 11 is 0. The minimum Gasteiger partial charge on any atom is -0.435 e. The second-order valence-corrected chi connectivity index (χ2v) is 3.38. The van der Waals surface area contributed by atoms with E-state index < -0.39 is 6.61 Å². The summed E-state index contributed by atoms with van der Waals surface area (Å²) in [5.41, 5.74) is 1.04. The number of hydrogen-bond donors (Lipinski definition) is 0. The van der Waals surface area contributed by atoms with Gasteiger partial charge >= 0.3 is 6.61 Å². The third kappa shape index (κ3) is 2.78. The van der Waals surface area contributed by atoms with E-state index in [4.69, 9.17) is 0 Å². The van der Waals surface area contributed by atoms with Crippen LogP contribution in [0, 0.1) is 5.82 Å². The van der Waals surface area contributed by atoms with Crippen LogP contribution in [-0.4, -0.2) is 6.61 Å². The van der Waals surface area contributed by atoms with Gasteiger partial charge in [-0.1, -0.05) is 30.3 Å². The Hall–Kier alpha value is -1.97. The van der Waals surface area contributed by atoms with Gasteiger partial charge in [-0.15, -0.1) is 0 Å². The van der Waals surface area contributed by atoms with Crippen LogP contribution in [0.5, 0.6) is 5.75 Å². The van der Waals surface area contributed by atoms with E-state index in [0.29, 0.717) is 11.1 Å². The fourth-order valence-electron chi connectivity index (χ4n) is 1.51. The maximum absolute atomic E-state index is 13.4. The zero-order valence-electron chi connectivity index (χ0n) is 8.74. The van der Waals surface area contributed by atoms with Crippen LogP contribution in [0.15, 0.2) is 48.5 Å². The molecule has 0 atom stereocenters. The van der Waals surface area contributed by atoms with Crippen molar-refractivity contribution in [2.75, 3.05) is 0 Å². The highest BCUT2D eigenvalue weighted by Crippen LogP contribution is 2.25. The predicted octanol–water partition coefficient (Wildman–Crippen LogP) is 4.09. The second-order valence-electron chi connectivity index (χ2n) is 3.38. The average molecular weight is 238 g/mol. The fraction of sp³-hybridized carbons (Fsp3) is 0.0769. The van der Waals surface area contributed by atoms with E-state index >= 15 is 0 Å². The molecule has 2 aromatic rings. The lowest BCUT2D eigenvalue weighted by atomic mass is 10.1. The molecular weight excluding hydrogens is 229 g/mol. The number of hydrogen-bond acceptors (Lipinski definition) is 1. The number of ether oxygens (including phenoxy) is 1. The highest BCUT2D eigenvalue weighted by atomic mass is 19.3. The fourth-order valence-corrected chi connectivity index (χ4v) is 1.51. The molecule has 0 amide bonds. The average Bonchev–Trinajstić information content (AvgIpc) is 2.30. The molecule has 2 rings (SSSR count). The molecule has 0 fully saturated rings. The third-order valence-corrected chi connectivity index (χ3v) is 2.26. The highest BCUT2D eigenvalue weighted by Gasteiger charge is 2.06. The monoisotopic (exact) mass is 238 g/mol. The van der Waals surface area contributed by atoms with Crippen molar-refractivity contribution in [3.63, 3.8) is 0 Å². The van der Waals surface area contributed by atoms with Gasteiger partial charge in [-0.25, -0.2) is 4.39 Å². The topological polar surface area (TPSA) is 9.23 Å². The van der Waals surface area contributed by atoms with E-state index in [1.165, 1.54) is 30.3 Å². The van der Waals surface area contributed by atoms with Crippen molar-refractivity contribution in [2.24, 2.45) is 0 Å². The molecule has 0 saturated carbocycles. The SMILES string of the molecule is Fc1ccccc1-c1ccc(OC(F)F)cc1. The van der Waals surface area contributed by atoms with Gasteiger partial charge in [0.1, 0.15) is 11.6 Å². The van der Waals surface area contributed by atoms with Crippen LogP contribution in [0.4, 0.5) is 13.2 Å². The maximum Gasteiger partial charge on any atom is 0.387 e. The minimum absolute atomic E-state index is 0.0556. The lowest BCUT2D eigenvalue weighted by Gasteiger charge is -2.06. The van der Waals surface area contributed by atoms with Crippen molar-refractivity contribution < 1.29 is 17.9 Å². The Kier molecular flexibility index (Phi) is 3.32. The summed E-state index contributed by atoms with van der Waals surface area (Å²) in [6.45, 7) is -2.85. The van der Waals surface area contributed by atoms with Crippen molar-refractivity contribution in [3.05, 3.63) is 54.3 Å². The van der Waals surface area contributed by atoms with E-state index in [-0.39, 0.29) is 11.6 Å². The summed E-state index contributed by atoms with van der Waals surface area (Å²) in [6, 6.07) is 12.1. The first-order valence-electron chi connectivity index (χ1n) is 4.96. The molecule has 17 heavy (non-hydrogen) atoms. The Labute approximate surface area is 96.5 Å². The van der Waals surface area contributed by atoms with Crippen molar-refractivity contribution >= 4 is 0 Å². The van der Waals surface area contributed by atoms with Gasteiger partial charge in [0.15, 0.2) is 0 Å². The Balaban J connectivity index is 2.27. The van der Waals surface area contributed by atoms with Crippen molar-refractivity contribution in [1.29, 1.82) is 0 Å². The molecule has 88 valence electrons. The summed E-state index contributed by atoms with van der Waals surface area (Å²) in [7, 11) is 0. The molecule has 0 unspecified atom stereocenters. The van der Waals surface area contributed by atoms with E-state index in [9.17, 15) is 13.2 Å². The highest BCUT2D eigenvalue weighted by molar-refractivity contribution is 5.64. The zero-order valence-corrected chi connectivity index (χ0v) is 8.74. The van der Waals surface area contributed by atoms with Crippen LogP contribution >= 0.6 is 0 Å². The molecule has 0 saturated heterocycles. The summed E-state index contributed by atoms with van der Waals surface area (Å²) < 4.78 is 41.5. The van der Waals surface area contributed by atoms with Gasteiger partial charge < -0.3 is 4.74 Å². The van der Waals surface area contributed by atoms with Crippen LogP contribution in [0.2, 0.25) is 0 Å². The molecule has 2 aromatic carbocycles. The van der Waals surface area contributed by atoms with Gasteiger partial charge in [-0.05, 0) is 23.8 Å². The molecule has 0 bridgehead atoms. The largest absolute Gasteiger partial charge is 0.435 e. The molecule has 0 spiro atoms. The molecule has 0 N–H and O–H groups in total. The molecule has 0 radical (unpaired) electrons. The third-order valence-electron chi connectivity index (χ3n) is 2.26. The van der Waals surface area contributed by atoms with Gasteiger partial charge in [0.05, 0.1) is 0 Å². The molecule has 0 aliphatic heterocycles. The van der Waals surface area contributed by atoms with Gasteiger partial charge in [-0.3, -0.25) is 0 Å². The van der Waals surface area contributed by atoms with E-state index in [2.05, 4.69) is 4.74 Å². The van der Waals surface area contributed by atoms with Crippen LogP contribution in [-0.2, 0) is 0 Å². The maximum atomic E-state index is 13.4. The van der Waals surface area contributed by atoms with Crippen molar-refractivity contribution in [3.8, 4) is 16.9 Å². The Morgan fingerprint density at radius 2 is 1.53 bits per heavy atom. The normalized spacial score (nSPS) is 10.6. The van der Waals surface area contributed by atoms with Gasteiger partial charge in [-0.2, -0.15) is 8.78 Å². The lowest BCUT2D eigenvalue weighted by Crippen LogP contribution is -2.01. The Morgan fingerprint density at radius 1 is 0.882 bits per heavy atom. The summed E-state index contributed by atoms with van der Waals surface area (Å²) in [5.74, 6) is -0.296. The molecule has 0 aromatic heterocycles. The van der Waals surface area contributed by atoms with E-state index in [0.717, 1.165) is 0 Å². The predicted molar refractivity (Wildman–Crippen MR) is 58.5 cm³/mol. The first kappa shape index (κ1) is 11.5. The molecule has 0 heterocycles. The van der Waals surface area contributed by atoms with Crippen molar-refractivity contribution in [2.45, 2.75) is 6.61 Å². The summed E-state index contributed by atoms with van der Waals surface area (Å²) in [6.07, 6.45) is 0. The summed E-state index contributed by atoms with van der Waals surface area (Å²) in [5, 5.41) is 0. The number of halogens is 3. The molecule has 0 aliphatic carbocycles. The lowest BCUT2D eigenvalue weighted by molar-refractivity contribution is -0.0498. The number of alkyl halides is 2. The molecule has 1 nitrogen and oxygen atoms in total. The number of benzene rings is 2. The smallest absolute Gasteiger partial charge is 0.387 e. The zero-order chi connectivity index (χ0) is 12.3. The van der Waals surface area contributed by atoms with Crippen LogP contribution < -0.4 is 4.74 Å². The molecule has 0 aliphatic rings. The van der Waals surface area contributed by atoms with Gasteiger partial charge in [0.25, 0.3) is 0 Å². The van der Waals surface area contributed by atoms with Crippen LogP contribution in [0.1, 0.15) is 0 Å². The first-order valence-corrected chi connectivity index (χ1v) is 4.96. The molecular formula is C13H9F3O. The molecule has 4 heteroatoms. The van der Waals surface area contributed by atoms with E-state index in [1.807, 2.05) is 0 Å². The van der Waals surface area contributed by atoms with Crippen LogP contribution in [0.3, 0.4) is 0 Å². The van der Waals surface area contributed by atoms with Crippen molar-refractivity contribution in [1.82, 2.24) is 0 Å². The van der Waals surface area contributed by atoms with Gasteiger partial charge in [0, 0.05) is 5.56 Å². The van der Waals surface area contributed by atoms with E-state index in [1.54, 1.807) is 18.2 Å². The quantitative estimate of drug-likeness (QED) is 0.782.